The van der Waals surface area contributed by atoms with Gasteiger partial charge in [0.15, 0.2) is 0 Å². The highest BCUT2D eigenvalue weighted by atomic mass is 16.7. The van der Waals surface area contributed by atoms with E-state index in [1.807, 2.05) is 4.90 Å². The summed E-state index contributed by atoms with van der Waals surface area (Å²) < 4.78 is 0. The van der Waals surface area contributed by atoms with Crippen LogP contribution in [-0.2, 0) is 25.8 Å². The minimum absolute atomic E-state index is 0.0988. The molecule has 4 amide bonds. The summed E-state index contributed by atoms with van der Waals surface area (Å²) in [7, 11) is 0. The maximum absolute atomic E-state index is 12.5. The number of likely N-dealkylation sites (tertiary alicyclic amines) is 2. The van der Waals surface area contributed by atoms with Gasteiger partial charge in [0, 0.05) is 84.4 Å². The number of carbonyl (C=O) groups excluding carboxylic acids is 4. The van der Waals surface area contributed by atoms with Gasteiger partial charge < -0.3 is 19.5 Å². The number of hydroxylamine groups is 2. The Bertz CT molecular complexity index is 1010. The molecule has 188 valence electrons. The zero-order valence-corrected chi connectivity index (χ0v) is 20.4. The summed E-state index contributed by atoms with van der Waals surface area (Å²) in [6.07, 6.45) is -0.411. The van der Waals surface area contributed by atoms with Crippen molar-refractivity contribution in [2.24, 2.45) is 11.8 Å². The van der Waals surface area contributed by atoms with E-state index in [1.165, 1.54) is 16.8 Å². The third-order valence-corrected chi connectivity index (χ3v) is 7.87. The fraction of sp³-hybridized carbons (Fsp3) is 0.600. The van der Waals surface area contributed by atoms with E-state index in [4.69, 9.17) is 4.84 Å². The Kier molecular flexibility index (Phi) is 6.39. The molecule has 4 aliphatic rings. The Morgan fingerprint density at radius 2 is 1.54 bits per heavy atom. The van der Waals surface area contributed by atoms with E-state index >= 15 is 0 Å². The number of rotatable bonds is 4. The quantitative estimate of drug-likeness (QED) is 0.595. The number of piperazine rings is 1. The second kappa shape index (κ2) is 9.49. The third kappa shape index (κ3) is 4.71. The lowest BCUT2D eigenvalue weighted by atomic mass is 10.0. The molecule has 0 radical (unpaired) electrons. The summed E-state index contributed by atoms with van der Waals surface area (Å²) in [5, 5.41) is 0.623. The fourth-order valence-electron chi connectivity index (χ4n) is 5.85. The summed E-state index contributed by atoms with van der Waals surface area (Å²) in [5.41, 5.74) is 3.83. The number of imide groups is 1. The van der Waals surface area contributed by atoms with Crippen LogP contribution in [0.15, 0.2) is 18.2 Å². The number of amides is 4. The molecule has 0 aliphatic carbocycles. The van der Waals surface area contributed by atoms with Crippen molar-refractivity contribution in [2.45, 2.75) is 33.2 Å². The van der Waals surface area contributed by atoms with Gasteiger partial charge in [-0.25, -0.2) is 4.79 Å². The third-order valence-electron chi connectivity index (χ3n) is 7.87. The van der Waals surface area contributed by atoms with Crippen LogP contribution in [0.2, 0.25) is 0 Å². The molecule has 4 saturated heterocycles. The van der Waals surface area contributed by atoms with Gasteiger partial charge in [-0.15, -0.1) is 5.06 Å². The van der Waals surface area contributed by atoms with Crippen molar-refractivity contribution < 1.29 is 24.0 Å². The van der Waals surface area contributed by atoms with Crippen LogP contribution < -0.4 is 4.90 Å². The second-order valence-corrected chi connectivity index (χ2v) is 10.1. The number of hydrogen-bond donors (Lipinski definition) is 0. The highest BCUT2D eigenvalue weighted by Crippen LogP contribution is 2.34. The standard InChI is InChI=1S/C25H33N5O5/c1-17-19(4-3-5-22(17)28-10-8-27(9-11-28)18(2)31)12-26-13-20-15-29(16-21(20)14-26)25(34)35-30-23(32)6-7-24(30)33/h3-5,20-21H,6-16H2,1-2H3. The highest BCUT2D eigenvalue weighted by Gasteiger charge is 2.43. The lowest BCUT2D eigenvalue weighted by molar-refractivity contribution is -0.173. The molecule has 0 N–H and O–H groups in total. The first-order valence-electron chi connectivity index (χ1n) is 12.4. The van der Waals surface area contributed by atoms with Gasteiger partial charge in [0.1, 0.15) is 0 Å². The Hall–Kier alpha value is -3.14. The Morgan fingerprint density at radius 3 is 2.14 bits per heavy atom. The van der Waals surface area contributed by atoms with Crippen LogP contribution >= 0.6 is 0 Å². The number of nitrogens with zero attached hydrogens (tertiary/aromatic N) is 5. The van der Waals surface area contributed by atoms with Crippen LogP contribution in [0.25, 0.3) is 0 Å². The van der Waals surface area contributed by atoms with Gasteiger partial charge in [-0.05, 0) is 36.0 Å². The van der Waals surface area contributed by atoms with Crippen molar-refractivity contribution in [3.05, 3.63) is 29.3 Å². The smallest absolute Gasteiger partial charge is 0.368 e. The van der Waals surface area contributed by atoms with E-state index in [0.29, 0.717) is 30.0 Å². The van der Waals surface area contributed by atoms with Crippen LogP contribution in [0.1, 0.15) is 30.9 Å². The van der Waals surface area contributed by atoms with E-state index in [1.54, 1.807) is 11.8 Å². The maximum Gasteiger partial charge on any atom is 0.434 e. The number of benzene rings is 1. The molecular formula is C25H33N5O5. The van der Waals surface area contributed by atoms with Gasteiger partial charge in [-0.2, -0.15) is 0 Å². The van der Waals surface area contributed by atoms with Gasteiger partial charge in [0.05, 0.1) is 0 Å². The molecule has 2 atom stereocenters. The lowest BCUT2D eigenvalue weighted by Gasteiger charge is -2.36. The van der Waals surface area contributed by atoms with Crippen molar-refractivity contribution >= 4 is 29.5 Å². The number of carbonyl (C=O) groups is 4. The van der Waals surface area contributed by atoms with Gasteiger partial charge in [0.2, 0.25) is 5.91 Å². The minimum Gasteiger partial charge on any atom is -0.368 e. The first-order valence-corrected chi connectivity index (χ1v) is 12.4. The van der Waals surface area contributed by atoms with Crippen LogP contribution in [0.3, 0.4) is 0 Å². The van der Waals surface area contributed by atoms with E-state index in [9.17, 15) is 19.2 Å². The first-order chi connectivity index (χ1) is 16.8. The number of fused-ring (bicyclic) bond motifs is 1. The molecule has 0 saturated carbocycles. The summed E-state index contributed by atoms with van der Waals surface area (Å²) in [5.74, 6) is -0.0505. The van der Waals surface area contributed by atoms with Gasteiger partial charge in [0.25, 0.3) is 11.8 Å². The SMILES string of the molecule is CC(=O)N1CCN(c2cccc(CN3CC4CN(C(=O)ON5C(=O)CCC5=O)CC4C3)c2C)CC1. The van der Waals surface area contributed by atoms with E-state index in [-0.39, 0.29) is 18.7 Å². The molecule has 4 heterocycles. The lowest BCUT2D eigenvalue weighted by Crippen LogP contribution is -2.48. The molecule has 0 bridgehead atoms. The van der Waals surface area contributed by atoms with Crippen LogP contribution in [0.5, 0.6) is 0 Å². The summed E-state index contributed by atoms with van der Waals surface area (Å²) in [6.45, 7) is 10.8. The van der Waals surface area contributed by atoms with E-state index in [2.05, 4.69) is 34.9 Å². The van der Waals surface area contributed by atoms with Crippen LogP contribution in [0, 0.1) is 18.8 Å². The predicted molar refractivity (Wildman–Crippen MR) is 127 cm³/mol. The minimum atomic E-state index is -0.608. The van der Waals surface area contributed by atoms with Crippen molar-refractivity contribution in [3.8, 4) is 0 Å². The molecular weight excluding hydrogens is 450 g/mol. The second-order valence-electron chi connectivity index (χ2n) is 10.1. The Labute approximate surface area is 205 Å². The molecule has 10 nitrogen and oxygen atoms in total. The van der Waals surface area contributed by atoms with Crippen LogP contribution in [0.4, 0.5) is 10.5 Å². The number of hydrogen-bond acceptors (Lipinski definition) is 7. The summed E-state index contributed by atoms with van der Waals surface area (Å²) >= 11 is 0. The van der Waals surface area contributed by atoms with Gasteiger partial charge in [-0.1, -0.05) is 12.1 Å². The van der Waals surface area contributed by atoms with Crippen molar-refractivity contribution in [3.63, 3.8) is 0 Å². The fourth-order valence-corrected chi connectivity index (χ4v) is 5.85. The molecule has 4 aliphatic heterocycles. The molecule has 5 rings (SSSR count). The van der Waals surface area contributed by atoms with Crippen LogP contribution in [-0.4, -0.2) is 95.9 Å². The molecule has 0 aromatic heterocycles. The van der Waals surface area contributed by atoms with Gasteiger partial charge >= 0.3 is 6.09 Å². The maximum atomic E-state index is 12.5. The Morgan fingerprint density at radius 1 is 0.914 bits per heavy atom. The molecule has 35 heavy (non-hydrogen) atoms. The highest BCUT2D eigenvalue weighted by molar-refractivity contribution is 6.01. The summed E-state index contributed by atoms with van der Waals surface area (Å²) in [6, 6.07) is 6.47. The molecule has 4 fully saturated rings. The zero-order chi connectivity index (χ0) is 24.7. The zero-order valence-electron chi connectivity index (χ0n) is 20.4. The monoisotopic (exact) mass is 483 g/mol. The van der Waals surface area contributed by atoms with E-state index < -0.39 is 17.9 Å². The molecule has 1 aromatic carbocycles. The molecule has 0 spiro atoms. The normalized spacial score (nSPS) is 25.0. The number of anilines is 1. The summed E-state index contributed by atoms with van der Waals surface area (Å²) in [4.78, 5) is 61.0. The molecule has 2 unspecified atom stereocenters. The molecule has 10 heteroatoms. The van der Waals surface area contributed by atoms with Crippen molar-refractivity contribution in [1.82, 2.24) is 19.8 Å². The molecule has 1 aromatic rings. The largest absolute Gasteiger partial charge is 0.434 e. The van der Waals surface area contributed by atoms with Gasteiger partial charge in [-0.3, -0.25) is 19.3 Å². The average molecular weight is 484 g/mol. The Balaban J connectivity index is 1.15. The first kappa shape index (κ1) is 23.6. The van der Waals surface area contributed by atoms with Crippen molar-refractivity contribution in [2.75, 3.05) is 57.3 Å². The topological polar surface area (TPSA) is 93.7 Å². The average Bonchev–Trinajstić information content (AvgIpc) is 3.50. The van der Waals surface area contributed by atoms with Crippen molar-refractivity contribution in [1.29, 1.82) is 0 Å². The van der Waals surface area contributed by atoms with E-state index in [0.717, 1.165) is 45.8 Å². The predicted octanol–water partition coefficient (Wildman–Crippen LogP) is 1.23.